The lowest BCUT2D eigenvalue weighted by Gasteiger charge is -2.38. The van der Waals surface area contributed by atoms with Gasteiger partial charge in [0.2, 0.25) is 5.96 Å². The molecule has 1 fully saturated rings. The molecule has 2 aromatic rings. The monoisotopic (exact) mass is 420 g/mol. The second-order valence-corrected chi connectivity index (χ2v) is 7.13. The summed E-state index contributed by atoms with van der Waals surface area (Å²) in [6.07, 6.45) is -4.61. The van der Waals surface area contributed by atoms with Gasteiger partial charge in [0.1, 0.15) is 5.82 Å². The van der Waals surface area contributed by atoms with Gasteiger partial charge < -0.3 is 9.80 Å². The van der Waals surface area contributed by atoms with Gasteiger partial charge in [0, 0.05) is 38.4 Å². The van der Waals surface area contributed by atoms with Crippen LogP contribution >= 0.6 is 0 Å². The predicted molar refractivity (Wildman–Crippen MR) is 105 cm³/mol. The maximum atomic E-state index is 13.3. The summed E-state index contributed by atoms with van der Waals surface area (Å²) in [5.41, 5.74) is -0.414. The molecular weight excluding hydrogens is 400 g/mol. The molecule has 4 rings (SSSR count). The number of piperazine rings is 1. The zero-order valence-corrected chi connectivity index (χ0v) is 16.1. The number of benzene rings is 2. The summed E-state index contributed by atoms with van der Waals surface area (Å²) in [7, 11) is 0. The molecule has 30 heavy (non-hydrogen) atoms. The first kappa shape index (κ1) is 20.2. The molecule has 0 bridgehead atoms. The largest absolute Gasteiger partial charge is 0.417 e. The smallest absolute Gasteiger partial charge is 0.368 e. The van der Waals surface area contributed by atoms with Crippen LogP contribution in [0.3, 0.4) is 0 Å². The molecule has 0 radical (unpaired) electrons. The van der Waals surface area contributed by atoms with Crippen molar-refractivity contribution >= 4 is 17.6 Å². The lowest BCUT2D eigenvalue weighted by Crippen LogP contribution is -2.53. The highest BCUT2D eigenvalue weighted by atomic mass is 19.4. The van der Waals surface area contributed by atoms with Crippen LogP contribution in [0.15, 0.2) is 53.5 Å². The molecule has 1 amide bonds. The number of hydrogen-bond acceptors (Lipinski definition) is 4. The molecule has 0 unspecified atom stereocenters. The third-order valence-corrected chi connectivity index (χ3v) is 5.28. The number of halogens is 4. The fourth-order valence-corrected chi connectivity index (χ4v) is 3.78. The quantitative estimate of drug-likeness (QED) is 0.699. The van der Waals surface area contributed by atoms with Gasteiger partial charge >= 0.3 is 6.18 Å². The first-order chi connectivity index (χ1) is 14.3. The number of nitrogens with zero attached hydrogens (tertiary/aromatic N) is 4. The van der Waals surface area contributed by atoms with Gasteiger partial charge in [-0.1, -0.05) is 12.1 Å². The topological polar surface area (TPSA) is 39.2 Å². The Kier molecular flexibility index (Phi) is 5.36. The van der Waals surface area contributed by atoms with Crippen LogP contribution in [0.2, 0.25) is 0 Å². The fourth-order valence-electron chi connectivity index (χ4n) is 3.78. The molecule has 0 N–H and O–H groups in total. The Hall–Kier alpha value is -3.10. The summed E-state index contributed by atoms with van der Waals surface area (Å²) >= 11 is 0. The van der Waals surface area contributed by atoms with Crippen molar-refractivity contribution in [3.8, 4) is 0 Å². The molecule has 2 aliphatic rings. The van der Waals surface area contributed by atoms with Gasteiger partial charge in [0.05, 0.1) is 17.7 Å². The maximum absolute atomic E-state index is 13.3. The second-order valence-electron chi connectivity index (χ2n) is 7.13. The number of anilines is 1. The van der Waals surface area contributed by atoms with Crippen molar-refractivity contribution in [3.63, 3.8) is 0 Å². The normalized spacial score (nSPS) is 17.3. The van der Waals surface area contributed by atoms with Gasteiger partial charge in [-0.3, -0.25) is 14.7 Å². The number of carbonyl (C=O) groups is 1. The Morgan fingerprint density at radius 1 is 0.867 bits per heavy atom. The highest BCUT2D eigenvalue weighted by molar-refractivity contribution is 6.07. The standard InChI is InChI=1S/C21H20F4N4O/c22-15-5-7-16(8-6-15)27-11-13-28(14-12-27)20-26-9-10-29(20)19(30)17-3-1-2-4-18(17)21(23,24)25/h1-8H,9-14H2. The molecule has 0 atom stereocenters. The van der Waals surface area contributed by atoms with E-state index < -0.39 is 17.6 Å². The number of guanidine groups is 1. The molecule has 0 aliphatic carbocycles. The van der Waals surface area contributed by atoms with Crippen LogP contribution in [-0.4, -0.2) is 60.9 Å². The third-order valence-electron chi connectivity index (χ3n) is 5.28. The van der Waals surface area contributed by atoms with Gasteiger partial charge in [0.25, 0.3) is 5.91 Å². The van der Waals surface area contributed by atoms with E-state index in [1.807, 2.05) is 4.90 Å². The summed E-state index contributed by atoms with van der Waals surface area (Å²) in [6, 6.07) is 11.0. The molecular formula is C21H20F4N4O. The van der Waals surface area contributed by atoms with Gasteiger partial charge in [-0.05, 0) is 36.4 Å². The molecule has 5 nitrogen and oxygen atoms in total. The molecule has 0 spiro atoms. The molecule has 0 saturated carbocycles. The number of hydrogen-bond donors (Lipinski definition) is 0. The Morgan fingerprint density at radius 3 is 2.17 bits per heavy atom. The minimum Gasteiger partial charge on any atom is -0.368 e. The van der Waals surface area contributed by atoms with Crippen molar-refractivity contribution in [1.82, 2.24) is 9.80 Å². The SMILES string of the molecule is O=C(c1ccccc1C(F)(F)F)N1CCN=C1N1CCN(c2ccc(F)cc2)CC1. The Labute approximate surface area is 171 Å². The molecule has 2 heterocycles. The van der Waals surface area contributed by atoms with Crippen molar-refractivity contribution < 1.29 is 22.4 Å². The molecule has 2 aromatic carbocycles. The first-order valence-corrected chi connectivity index (χ1v) is 9.62. The average Bonchev–Trinajstić information content (AvgIpc) is 3.23. The van der Waals surface area contributed by atoms with Gasteiger partial charge in [-0.15, -0.1) is 0 Å². The van der Waals surface area contributed by atoms with Crippen molar-refractivity contribution in [2.24, 2.45) is 4.99 Å². The van der Waals surface area contributed by atoms with Crippen LogP contribution in [-0.2, 0) is 6.18 Å². The van der Waals surface area contributed by atoms with E-state index in [9.17, 15) is 22.4 Å². The zero-order valence-electron chi connectivity index (χ0n) is 16.1. The van der Waals surface area contributed by atoms with E-state index in [0.29, 0.717) is 38.7 Å². The van der Waals surface area contributed by atoms with Crippen molar-refractivity contribution in [2.75, 3.05) is 44.2 Å². The second kappa shape index (κ2) is 7.97. The van der Waals surface area contributed by atoms with E-state index in [-0.39, 0.29) is 17.9 Å². The zero-order chi connectivity index (χ0) is 21.3. The lowest BCUT2D eigenvalue weighted by molar-refractivity contribution is -0.138. The van der Waals surface area contributed by atoms with Gasteiger partial charge in [0.15, 0.2) is 0 Å². The summed E-state index contributed by atoms with van der Waals surface area (Å²) in [5.74, 6) is -0.582. The molecule has 9 heteroatoms. The van der Waals surface area contributed by atoms with Crippen LogP contribution < -0.4 is 4.90 Å². The molecule has 158 valence electrons. The van der Waals surface area contributed by atoms with E-state index in [2.05, 4.69) is 9.89 Å². The minimum absolute atomic E-state index is 0.249. The van der Waals surface area contributed by atoms with Crippen molar-refractivity contribution in [2.45, 2.75) is 6.18 Å². The summed E-state index contributed by atoms with van der Waals surface area (Å²) < 4.78 is 53.1. The van der Waals surface area contributed by atoms with Crippen LogP contribution in [0.5, 0.6) is 0 Å². The van der Waals surface area contributed by atoms with Gasteiger partial charge in [-0.2, -0.15) is 13.2 Å². The van der Waals surface area contributed by atoms with Crippen LogP contribution in [0.1, 0.15) is 15.9 Å². The molecule has 0 aromatic heterocycles. The highest BCUT2D eigenvalue weighted by Crippen LogP contribution is 2.32. The Morgan fingerprint density at radius 2 is 1.50 bits per heavy atom. The molecule has 1 saturated heterocycles. The molecule has 2 aliphatic heterocycles. The summed E-state index contributed by atoms with van der Waals surface area (Å²) in [6.45, 7) is 2.98. The number of carbonyl (C=O) groups excluding carboxylic acids is 1. The van der Waals surface area contributed by atoms with Crippen molar-refractivity contribution in [3.05, 3.63) is 65.5 Å². The summed E-state index contributed by atoms with van der Waals surface area (Å²) in [4.78, 5) is 22.7. The number of rotatable bonds is 2. The number of amides is 1. The minimum atomic E-state index is -4.61. The van der Waals surface area contributed by atoms with E-state index in [4.69, 9.17) is 0 Å². The van der Waals surface area contributed by atoms with Crippen LogP contribution in [0, 0.1) is 5.82 Å². The van der Waals surface area contributed by atoms with E-state index in [1.165, 1.54) is 35.2 Å². The predicted octanol–water partition coefficient (Wildman–Crippen LogP) is 3.48. The average molecular weight is 420 g/mol. The number of alkyl halides is 3. The van der Waals surface area contributed by atoms with Crippen LogP contribution in [0.25, 0.3) is 0 Å². The highest BCUT2D eigenvalue weighted by Gasteiger charge is 2.38. The van der Waals surface area contributed by atoms with E-state index in [0.717, 1.165) is 11.8 Å². The summed E-state index contributed by atoms with van der Waals surface area (Å²) in [5, 5.41) is 0. The van der Waals surface area contributed by atoms with Crippen molar-refractivity contribution in [1.29, 1.82) is 0 Å². The van der Waals surface area contributed by atoms with Crippen LogP contribution in [0.4, 0.5) is 23.2 Å². The maximum Gasteiger partial charge on any atom is 0.417 e. The first-order valence-electron chi connectivity index (χ1n) is 9.62. The van der Waals surface area contributed by atoms with E-state index >= 15 is 0 Å². The Balaban J connectivity index is 1.47. The Bertz CT molecular complexity index is 950. The van der Waals surface area contributed by atoms with Gasteiger partial charge in [-0.25, -0.2) is 4.39 Å². The fraction of sp³-hybridized carbons (Fsp3) is 0.333. The number of aliphatic imine (C=N–C) groups is 1. The lowest BCUT2D eigenvalue weighted by atomic mass is 10.1. The third kappa shape index (κ3) is 3.96. The van der Waals surface area contributed by atoms with E-state index in [1.54, 1.807) is 12.1 Å².